The van der Waals surface area contributed by atoms with Crippen molar-refractivity contribution in [2.45, 2.75) is 34.6 Å². The molecule has 0 aromatic carbocycles. The van der Waals surface area contributed by atoms with E-state index in [0.717, 1.165) is 0 Å². The molecule has 0 amide bonds. The Bertz CT molecular complexity index is 698. The Morgan fingerprint density at radius 1 is 0.741 bits per heavy atom. The second kappa shape index (κ2) is 11.0. The Morgan fingerprint density at radius 3 is 1.48 bits per heavy atom. The molecule has 0 N–H and O–H groups in total. The maximum Gasteiger partial charge on any atom is 0.318 e. The van der Waals surface area contributed by atoms with E-state index in [1.807, 2.05) is 0 Å². The molecule has 0 fully saturated rings. The zero-order valence-electron chi connectivity index (χ0n) is 17.0. The SMILES string of the molecule is C=C/C=C\C(=C/C=C)OC(=O)C(C)(C)C(C)(C)C(=O)OC(/C=C\C)=C/C=C. The Balaban J connectivity index is 5.61. The van der Waals surface area contributed by atoms with Gasteiger partial charge in [-0.05, 0) is 58.9 Å². The lowest BCUT2D eigenvalue weighted by Crippen LogP contribution is -2.46. The molecule has 27 heavy (non-hydrogen) atoms. The summed E-state index contributed by atoms with van der Waals surface area (Å²) < 4.78 is 10.9. The summed E-state index contributed by atoms with van der Waals surface area (Å²) in [6.45, 7) is 19.2. The second-order valence-electron chi connectivity index (χ2n) is 6.73. The fraction of sp³-hybridized carbons (Fsp3) is 0.304. The van der Waals surface area contributed by atoms with Gasteiger partial charge in [0.15, 0.2) is 0 Å². The van der Waals surface area contributed by atoms with Gasteiger partial charge >= 0.3 is 11.9 Å². The van der Waals surface area contributed by atoms with Crippen LogP contribution in [0.15, 0.2) is 85.9 Å². The molecule has 4 heteroatoms. The lowest BCUT2D eigenvalue weighted by Gasteiger charge is -2.37. The quantitative estimate of drug-likeness (QED) is 0.286. The van der Waals surface area contributed by atoms with Gasteiger partial charge in [-0.2, -0.15) is 0 Å². The van der Waals surface area contributed by atoms with Crippen molar-refractivity contribution < 1.29 is 19.1 Å². The summed E-state index contributed by atoms with van der Waals surface area (Å²) in [4.78, 5) is 25.6. The Labute approximate surface area is 162 Å². The minimum absolute atomic E-state index is 0.299. The summed E-state index contributed by atoms with van der Waals surface area (Å²) in [6.07, 6.45) is 14.3. The molecule has 0 bridgehead atoms. The zero-order valence-corrected chi connectivity index (χ0v) is 17.0. The van der Waals surface area contributed by atoms with Gasteiger partial charge in [0.25, 0.3) is 0 Å². The van der Waals surface area contributed by atoms with Crippen LogP contribution in [0.25, 0.3) is 0 Å². The first-order valence-electron chi connectivity index (χ1n) is 8.60. The molecule has 0 radical (unpaired) electrons. The van der Waals surface area contributed by atoms with Crippen LogP contribution in [0.2, 0.25) is 0 Å². The highest BCUT2D eigenvalue weighted by Gasteiger charge is 2.51. The van der Waals surface area contributed by atoms with Crippen LogP contribution in [0.1, 0.15) is 34.6 Å². The monoisotopic (exact) mass is 370 g/mol. The Kier molecular flexibility index (Phi) is 9.80. The molecular formula is C23H30O4. The van der Waals surface area contributed by atoms with Crippen LogP contribution in [-0.4, -0.2) is 11.9 Å². The highest BCUT2D eigenvalue weighted by atomic mass is 16.5. The van der Waals surface area contributed by atoms with Gasteiger partial charge in [-0.3, -0.25) is 9.59 Å². The van der Waals surface area contributed by atoms with E-state index in [4.69, 9.17) is 9.47 Å². The lowest BCUT2D eigenvalue weighted by molar-refractivity contribution is -0.170. The predicted octanol–water partition coefficient (Wildman–Crippen LogP) is 5.58. The third kappa shape index (κ3) is 6.74. The van der Waals surface area contributed by atoms with Crippen LogP contribution < -0.4 is 0 Å². The fourth-order valence-electron chi connectivity index (χ4n) is 1.79. The molecule has 0 rings (SSSR count). The third-order valence-electron chi connectivity index (χ3n) is 4.30. The number of ether oxygens (including phenoxy) is 2. The van der Waals surface area contributed by atoms with E-state index >= 15 is 0 Å². The highest BCUT2D eigenvalue weighted by molar-refractivity contribution is 5.88. The molecular weight excluding hydrogens is 340 g/mol. The molecule has 0 saturated carbocycles. The number of esters is 2. The summed E-state index contributed by atoms with van der Waals surface area (Å²) >= 11 is 0. The van der Waals surface area contributed by atoms with Crippen LogP contribution in [0.3, 0.4) is 0 Å². The van der Waals surface area contributed by atoms with Crippen molar-refractivity contribution in [2.24, 2.45) is 10.8 Å². The molecule has 146 valence electrons. The molecule has 0 atom stereocenters. The number of carbonyl (C=O) groups excluding carboxylic acids is 2. The topological polar surface area (TPSA) is 52.6 Å². The molecule has 0 aliphatic rings. The van der Waals surface area contributed by atoms with Crippen molar-refractivity contribution in [1.29, 1.82) is 0 Å². The zero-order chi connectivity index (χ0) is 21.1. The minimum atomic E-state index is -1.17. The van der Waals surface area contributed by atoms with Crippen molar-refractivity contribution in [3.8, 4) is 0 Å². The largest absolute Gasteiger partial charge is 0.426 e. The van der Waals surface area contributed by atoms with Crippen LogP contribution in [-0.2, 0) is 19.1 Å². The first-order chi connectivity index (χ1) is 12.6. The van der Waals surface area contributed by atoms with Crippen LogP contribution in [0.4, 0.5) is 0 Å². The van der Waals surface area contributed by atoms with Gasteiger partial charge in [-0.1, -0.05) is 50.1 Å². The van der Waals surface area contributed by atoms with Gasteiger partial charge in [0.2, 0.25) is 0 Å². The van der Waals surface area contributed by atoms with Crippen molar-refractivity contribution in [3.05, 3.63) is 85.9 Å². The van der Waals surface area contributed by atoms with Crippen LogP contribution in [0, 0.1) is 10.8 Å². The molecule has 0 spiro atoms. The van der Waals surface area contributed by atoms with E-state index < -0.39 is 22.8 Å². The number of rotatable bonds is 10. The maximum absolute atomic E-state index is 12.8. The number of hydrogen-bond donors (Lipinski definition) is 0. The van der Waals surface area contributed by atoms with Gasteiger partial charge < -0.3 is 9.47 Å². The smallest absolute Gasteiger partial charge is 0.318 e. The Morgan fingerprint density at radius 2 is 1.15 bits per heavy atom. The molecule has 0 aliphatic carbocycles. The van der Waals surface area contributed by atoms with Crippen molar-refractivity contribution in [1.82, 2.24) is 0 Å². The molecule has 0 saturated heterocycles. The Hall–Kier alpha value is -2.88. The van der Waals surface area contributed by atoms with Crippen LogP contribution >= 0.6 is 0 Å². The van der Waals surface area contributed by atoms with Gasteiger partial charge in [0.05, 0.1) is 10.8 Å². The van der Waals surface area contributed by atoms with Gasteiger partial charge in [0.1, 0.15) is 11.5 Å². The van der Waals surface area contributed by atoms with Gasteiger partial charge in [-0.15, -0.1) is 0 Å². The summed E-state index contributed by atoms with van der Waals surface area (Å²) in [5.41, 5.74) is -2.32. The number of hydrogen-bond acceptors (Lipinski definition) is 4. The lowest BCUT2D eigenvalue weighted by atomic mass is 9.68. The summed E-state index contributed by atoms with van der Waals surface area (Å²) in [7, 11) is 0. The standard InChI is InChI=1S/C23H30O4/c1-9-13-17-19(16-12-4)27-21(25)23(7,8)22(5,6)20(24)26-18(14-10-2)15-11-3/h9-17H,1-2,4H2,3,5-8H3/b15-11-,17-13-,18-14+,19-16+. The second-order valence-corrected chi connectivity index (χ2v) is 6.73. The summed E-state index contributed by atoms with van der Waals surface area (Å²) in [5, 5.41) is 0. The maximum atomic E-state index is 12.8. The summed E-state index contributed by atoms with van der Waals surface area (Å²) in [6, 6.07) is 0. The van der Waals surface area contributed by atoms with E-state index in [2.05, 4.69) is 19.7 Å². The van der Waals surface area contributed by atoms with E-state index in [1.54, 1.807) is 77.2 Å². The van der Waals surface area contributed by atoms with Crippen molar-refractivity contribution in [2.75, 3.05) is 0 Å². The van der Waals surface area contributed by atoms with Gasteiger partial charge in [-0.25, -0.2) is 0 Å². The molecule has 0 aliphatic heterocycles. The first kappa shape index (κ1) is 24.1. The molecule has 0 aromatic heterocycles. The number of allylic oxidation sites excluding steroid dienone is 9. The van der Waals surface area contributed by atoms with Crippen LogP contribution in [0.5, 0.6) is 0 Å². The normalized spacial score (nSPS) is 13.5. The highest BCUT2D eigenvalue weighted by Crippen LogP contribution is 2.41. The van der Waals surface area contributed by atoms with E-state index in [9.17, 15) is 9.59 Å². The van der Waals surface area contributed by atoms with E-state index in [-0.39, 0.29) is 0 Å². The fourth-order valence-corrected chi connectivity index (χ4v) is 1.79. The van der Waals surface area contributed by atoms with E-state index in [0.29, 0.717) is 11.5 Å². The van der Waals surface area contributed by atoms with Crippen molar-refractivity contribution in [3.63, 3.8) is 0 Å². The molecule has 4 nitrogen and oxygen atoms in total. The van der Waals surface area contributed by atoms with Gasteiger partial charge in [0, 0.05) is 0 Å². The average molecular weight is 370 g/mol. The molecule has 0 unspecified atom stereocenters. The van der Waals surface area contributed by atoms with Crippen molar-refractivity contribution >= 4 is 11.9 Å². The summed E-state index contributed by atoms with van der Waals surface area (Å²) in [5.74, 6) is -0.470. The molecule has 0 heterocycles. The minimum Gasteiger partial charge on any atom is -0.426 e. The number of carbonyl (C=O) groups is 2. The first-order valence-corrected chi connectivity index (χ1v) is 8.60. The average Bonchev–Trinajstić information content (AvgIpc) is 2.59. The molecule has 0 aromatic rings. The predicted molar refractivity (Wildman–Crippen MR) is 110 cm³/mol. The van der Waals surface area contributed by atoms with E-state index in [1.165, 1.54) is 12.2 Å². The third-order valence-corrected chi connectivity index (χ3v) is 4.30.